The van der Waals surface area contributed by atoms with Gasteiger partial charge in [0.1, 0.15) is 29.8 Å². The van der Waals surface area contributed by atoms with Gasteiger partial charge in [0, 0.05) is 22.8 Å². The average Bonchev–Trinajstić information content (AvgIpc) is 2.65. The van der Waals surface area contributed by atoms with Gasteiger partial charge in [-0.3, -0.25) is 0 Å². The van der Waals surface area contributed by atoms with Gasteiger partial charge in [-0.15, -0.1) is 0 Å². The molecule has 0 spiro atoms. The number of carbonyl (C=O) groups excluding carboxylic acids is 2. The molecule has 5 nitrogen and oxygen atoms in total. The van der Waals surface area contributed by atoms with Crippen molar-refractivity contribution in [3.8, 4) is 22.6 Å². The summed E-state index contributed by atoms with van der Waals surface area (Å²) in [6.07, 6.45) is 2.32. The zero-order valence-corrected chi connectivity index (χ0v) is 15.5. The first-order valence-electron chi connectivity index (χ1n) is 8.23. The van der Waals surface area contributed by atoms with Crippen molar-refractivity contribution < 1.29 is 28.2 Å². The van der Waals surface area contributed by atoms with Gasteiger partial charge in [-0.1, -0.05) is 25.3 Å². The minimum Gasteiger partial charge on any atom is -0.462 e. The molecule has 0 amide bonds. The van der Waals surface area contributed by atoms with E-state index in [9.17, 15) is 14.0 Å². The predicted octanol–water partition coefficient (Wildman–Crippen LogP) is 4.94. The van der Waals surface area contributed by atoms with Crippen LogP contribution in [0.15, 0.2) is 79.3 Å². The number of carbonyl (C=O) groups is 2. The van der Waals surface area contributed by atoms with Crippen LogP contribution in [-0.2, 0) is 14.3 Å². The van der Waals surface area contributed by atoms with Crippen LogP contribution in [0.1, 0.15) is 13.8 Å². The van der Waals surface area contributed by atoms with E-state index in [4.69, 9.17) is 14.2 Å². The lowest BCUT2D eigenvalue weighted by Gasteiger charge is -2.08. The predicted molar refractivity (Wildman–Crippen MR) is 103 cm³/mol. The summed E-state index contributed by atoms with van der Waals surface area (Å²) >= 11 is 0. The molecule has 0 heterocycles. The number of esters is 2. The summed E-state index contributed by atoms with van der Waals surface area (Å²) < 4.78 is 29.4. The van der Waals surface area contributed by atoms with Crippen molar-refractivity contribution in [2.45, 2.75) is 13.8 Å². The first kappa shape index (κ1) is 20.6. The normalized spacial score (nSPS) is 10.4. The quantitative estimate of drug-likeness (QED) is 0.294. The molecule has 28 heavy (non-hydrogen) atoms. The van der Waals surface area contributed by atoms with Crippen LogP contribution in [0.5, 0.6) is 11.5 Å². The molecule has 0 atom stereocenters. The third-order valence-corrected chi connectivity index (χ3v) is 3.45. The highest BCUT2D eigenvalue weighted by molar-refractivity contribution is 5.89. The van der Waals surface area contributed by atoms with Gasteiger partial charge in [0.05, 0.1) is 0 Å². The van der Waals surface area contributed by atoms with E-state index in [1.807, 2.05) is 0 Å². The molecule has 0 aliphatic carbocycles. The fourth-order valence-corrected chi connectivity index (χ4v) is 2.00. The van der Waals surface area contributed by atoms with E-state index in [1.165, 1.54) is 32.2 Å². The largest absolute Gasteiger partial charge is 0.462 e. The van der Waals surface area contributed by atoms with Gasteiger partial charge in [-0.05, 0) is 43.7 Å². The Hall–Kier alpha value is -3.67. The van der Waals surface area contributed by atoms with E-state index in [0.29, 0.717) is 16.9 Å². The molecule has 0 unspecified atom stereocenters. The monoisotopic (exact) mass is 382 g/mol. The fraction of sp³-hybridized carbons (Fsp3) is 0.0909. The van der Waals surface area contributed by atoms with E-state index in [-0.39, 0.29) is 16.9 Å². The molecule has 0 aliphatic rings. The summed E-state index contributed by atoms with van der Waals surface area (Å²) in [5.41, 5.74) is 1.45. The van der Waals surface area contributed by atoms with Crippen molar-refractivity contribution in [3.63, 3.8) is 0 Å². The van der Waals surface area contributed by atoms with Crippen LogP contribution in [-0.4, -0.2) is 11.9 Å². The molecule has 144 valence electrons. The lowest BCUT2D eigenvalue weighted by molar-refractivity contribution is -0.133. The van der Waals surface area contributed by atoms with Crippen LogP contribution in [0.2, 0.25) is 0 Å². The van der Waals surface area contributed by atoms with Gasteiger partial charge < -0.3 is 14.2 Å². The standard InChI is InChI=1S/C22H19FO5/c1-14(2)21(24)27-12-11-26-17-7-5-16(6-8-17)19-10-9-18(13-20(19)23)28-22(25)15(3)4/h5-13H,1,3H2,2,4H3/b12-11-. The van der Waals surface area contributed by atoms with Crippen LogP contribution in [0, 0.1) is 5.82 Å². The molecular weight excluding hydrogens is 363 g/mol. The van der Waals surface area contributed by atoms with Gasteiger partial charge >= 0.3 is 11.9 Å². The van der Waals surface area contributed by atoms with Crippen LogP contribution in [0.3, 0.4) is 0 Å². The van der Waals surface area contributed by atoms with Crippen molar-refractivity contribution in [3.05, 3.63) is 85.1 Å². The highest BCUT2D eigenvalue weighted by atomic mass is 19.1. The highest BCUT2D eigenvalue weighted by Crippen LogP contribution is 2.28. The molecule has 0 saturated carbocycles. The second-order valence-corrected chi connectivity index (χ2v) is 5.91. The molecule has 0 saturated heterocycles. The zero-order chi connectivity index (χ0) is 20.7. The molecule has 0 fully saturated rings. The lowest BCUT2D eigenvalue weighted by atomic mass is 10.0. The highest BCUT2D eigenvalue weighted by Gasteiger charge is 2.10. The van der Waals surface area contributed by atoms with Gasteiger partial charge in [-0.2, -0.15) is 0 Å². The SMILES string of the molecule is C=C(C)C(=O)O/C=C\Oc1ccc(-c2ccc(OC(=O)C(=C)C)cc2F)cc1. The number of rotatable bonds is 7. The summed E-state index contributed by atoms with van der Waals surface area (Å²) in [5.74, 6) is -1.13. The van der Waals surface area contributed by atoms with Gasteiger partial charge in [0.15, 0.2) is 0 Å². The summed E-state index contributed by atoms with van der Waals surface area (Å²) in [6.45, 7) is 9.98. The molecule has 2 aromatic rings. The van der Waals surface area contributed by atoms with Gasteiger partial charge in [0.2, 0.25) is 0 Å². The van der Waals surface area contributed by atoms with Gasteiger partial charge in [-0.25, -0.2) is 14.0 Å². The minimum absolute atomic E-state index is 0.101. The van der Waals surface area contributed by atoms with Crippen LogP contribution >= 0.6 is 0 Å². The second-order valence-electron chi connectivity index (χ2n) is 5.91. The maximum Gasteiger partial charge on any atom is 0.338 e. The molecule has 0 bridgehead atoms. The summed E-state index contributed by atoms with van der Waals surface area (Å²) in [5, 5.41) is 0. The van der Waals surface area contributed by atoms with Gasteiger partial charge in [0.25, 0.3) is 0 Å². The van der Waals surface area contributed by atoms with Crippen molar-refractivity contribution in [2.24, 2.45) is 0 Å². The van der Waals surface area contributed by atoms with E-state index in [1.54, 1.807) is 24.3 Å². The maximum atomic E-state index is 14.4. The third kappa shape index (κ3) is 5.67. The Morgan fingerprint density at radius 2 is 1.50 bits per heavy atom. The Labute approximate surface area is 162 Å². The number of hydrogen-bond donors (Lipinski definition) is 0. The second kappa shape index (κ2) is 9.32. The average molecular weight is 382 g/mol. The van der Waals surface area contributed by atoms with E-state index in [2.05, 4.69) is 13.2 Å². The van der Waals surface area contributed by atoms with Crippen molar-refractivity contribution in [1.29, 1.82) is 0 Å². The van der Waals surface area contributed by atoms with Crippen molar-refractivity contribution in [1.82, 2.24) is 0 Å². The minimum atomic E-state index is -0.615. The Morgan fingerprint density at radius 1 is 0.893 bits per heavy atom. The zero-order valence-electron chi connectivity index (χ0n) is 15.5. The van der Waals surface area contributed by atoms with Crippen LogP contribution in [0.25, 0.3) is 11.1 Å². The van der Waals surface area contributed by atoms with E-state index in [0.717, 1.165) is 12.3 Å². The topological polar surface area (TPSA) is 61.8 Å². The number of ether oxygens (including phenoxy) is 3. The first-order valence-corrected chi connectivity index (χ1v) is 8.23. The Morgan fingerprint density at radius 3 is 2.07 bits per heavy atom. The molecular formula is C22H19FO5. The Kier molecular flexibility index (Phi) is 6.87. The lowest BCUT2D eigenvalue weighted by Crippen LogP contribution is -2.08. The fourth-order valence-electron chi connectivity index (χ4n) is 2.00. The summed E-state index contributed by atoms with van der Waals surface area (Å²) in [4.78, 5) is 22.7. The maximum absolute atomic E-state index is 14.4. The first-order chi connectivity index (χ1) is 13.3. The van der Waals surface area contributed by atoms with Crippen LogP contribution in [0.4, 0.5) is 4.39 Å². The number of benzene rings is 2. The van der Waals surface area contributed by atoms with Crippen molar-refractivity contribution >= 4 is 11.9 Å². The van der Waals surface area contributed by atoms with E-state index < -0.39 is 17.8 Å². The Bertz CT molecular complexity index is 942. The third-order valence-electron chi connectivity index (χ3n) is 3.45. The van der Waals surface area contributed by atoms with Crippen LogP contribution < -0.4 is 9.47 Å². The Balaban J connectivity index is 2.03. The molecule has 2 aromatic carbocycles. The molecule has 0 aromatic heterocycles. The van der Waals surface area contributed by atoms with E-state index >= 15 is 0 Å². The number of halogens is 1. The molecule has 0 N–H and O–H groups in total. The molecule has 0 aliphatic heterocycles. The smallest absolute Gasteiger partial charge is 0.338 e. The molecule has 0 radical (unpaired) electrons. The number of hydrogen-bond acceptors (Lipinski definition) is 5. The summed E-state index contributed by atoms with van der Waals surface area (Å²) in [7, 11) is 0. The molecule has 2 rings (SSSR count). The summed E-state index contributed by atoms with van der Waals surface area (Å²) in [6, 6.07) is 10.8. The molecule has 6 heteroatoms. The van der Waals surface area contributed by atoms with Crippen molar-refractivity contribution in [2.75, 3.05) is 0 Å².